The molecule has 1 aromatic carbocycles. The Kier molecular flexibility index (Phi) is 5.96. The number of nitrogens with one attached hydrogen (secondary N) is 2. The van der Waals surface area contributed by atoms with Gasteiger partial charge in [0.1, 0.15) is 5.54 Å². The number of rotatable bonds is 7. The number of hydrogen-bond donors (Lipinski definition) is 2. The number of piperazine rings is 1. The van der Waals surface area contributed by atoms with Crippen molar-refractivity contribution in [2.75, 3.05) is 31.1 Å². The van der Waals surface area contributed by atoms with Gasteiger partial charge in [0.25, 0.3) is 6.43 Å². The van der Waals surface area contributed by atoms with Gasteiger partial charge >= 0.3 is 6.03 Å². The third-order valence-electron chi connectivity index (χ3n) is 6.85. The van der Waals surface area contributed by atoms with Gasteiger partial charge in [0.05, 0.1) is 22.7 Å². The Bertz CT molecular complexity index is 1550. The molecule has 0 atom stereocenters. The number of alkyl halides is 2. The van der Waals surface area contributed by atoms with E-state index in [0.29, 0.717) is 66.9 Å². The van der Waals surface area contributed by atoms with Gasteiger partial charge in [-0.25, -0.2) is 26.7 Å². The smallest absolute Gasteiger partial charge is 0.317 e. The highest BCUT2D eigenvalue weighted by molar-refractivity contribution is 7.89. The quantitative estimate of drug-likeness (QED) is 0.444. The lowest BCUT2D eigenvalue weighted by Gasteiger charge is -2.36. The number of hydrogen-bond acceptors (Lipinski definition) is 9. The Labute approximate surface area is 220 Å². The molecule has 200 valence electrons. The fraction of sp³-hybridized carbons (Fsp3) is 0.500. The van der Waals surface area contributed by atoms with E-state index in [-0.39, 0.29) is 22.1 Å². The van der Waals surface area contributed by atoms with E-state index in [1.54, 1.807) is 4.90 Å². The van der Waals surface area contributed by atoms with E-state index in [4.69, 9.17) is 0 Å². The van der Waals surface area contributed by atoms with Crippen molar-refractivity contribution in [3.05, 3.63) is 23.3 Å². The highest BCUT2D eigenvalue weighted by atomic mass is 32.2. The zero-order valence-electron chi connectivity index (χ0n) is 20.0. The zero-order valence-corrected chi connectivity index (χ0v) is 21.6. The molecule has 0 radical (unpaired) electrons. The number of amides is 2. The molecule has 38 heavy (non-hydrogen) atoms. The monoisotopic (exact) mass is 563 g/mol. The Hall–Kier alpha value is -3.42. The van der Waals surface area contributed by atoms with Crippen molar-refractivity contribution >= 4 is 44.0 Å². The summed E-state index contributed by atoms with van der Waals surface area (Å²) in [5.74, 6) is 0. The highest BCUT2D eigenvalue weighted by Crippen LogP contribution is 2.38. The number of benzene rings is 1. The average molecular weight is 564 g/mol. The van der Waals surface area contributed by atoms with Crippen LogP contribution in [0.25, 0.3) is 16.0 Å². The second kappa shape index (κ2) is 9.10. The number of anilines is 1. The third-order valence-corrected chi connectivity index (χ3v) is 9.28. The van der Waals surface area contributed by atoms with Gasteiger partial charge in [0.15, 0.2) is 5.01 Å². The van der Waals surface area contributed by atoms with Gasteiger partial charge in [-0.3, -0.25) is 0 Å². The highest BCUT2D eigenvalue weighted by Gasteiger charge is 2.47. The summed E-state index contributed by atoms with van der Waals surface area (Å²) < 4.78 is 56.8. The minimum Gasteiger partial charge on any atom is -0.367 e. The molecule has 1 saturated heterocycles. The zero-order chi connectivity index (χ0) is 26.7. The lowest BCUT2D eigenvalue weighted by atomic mass is 10.1. The lowest BCUT2D eigenvalue weighted by molar-refractivity contribution is 0.150. The number of aromatic nitrogens is 4. The fourth-order valence-corrected chi connectivity index (χ4v) is 6.46. The lowest BCUT2D eigenvalue weighted by Crippen LogP contribution is -2.52. The third kappa shape index (κ3) is 4.65. The van der Waals surface area contributed by atoms with Crippen molar-refractivity contribution in [3.63, 3.8) is 0 Å². The first-order chi connectivity index (χ1) is 18.2. The van der Waals surface area contributed by atoms with Crippen molar-refractivity contribution < 1.29 is 22.0 Å². The first-order valence-electron chi connectivity index (χ1n) is 12.1. The van der Waals surface area contributed by atoms with Crippen molar-refractivity contribution in [1.82, 2.24) is 34.9 Å². The number of halogens is 2. The number of carbonyl (C=O) groups excluding carboxylic acids is 1. The molecule has 0 bridgehead atoms. The first-order valence-corrected chi connectivity index (χ1v) is 14.4. The molecule has 2 N–H and O–H groups in total. The summed E-state index contributed by atoms with van der Waals surface area (Å²) in [6.07, 6.45) is 1.55. The average Bonchev–Trinajstić information content (AvgIpc) is 3.77. The molecule has 0 spiro atoms. The molecule has 2 aliphatic carbocycles. The summed E-state index contributed by atoms with van der Waals surface area (Å²) >= 11 is 0.661. The molecule has 3 fully saturated rings. The molecule has 3 aliphatic rings. The van der Waals surface area contributed by atoms with E-state index in [9.17, 15) is 27.3 Å². The summed E-state index contributed by atoms with van der Waals surface area (Å²) in [4.78, 5) is 16.1. The maximum atomic E-state index is 13.3. The van der Waals surface area contributed by atoms with Crippen LogP contribution in [-0.4, -0.2) is 77.1 Å². The predicted octanol–water partition coefficient (Wildman–Crippen LogP) is 2.14. The van der Waals surface area contributed by atoms with Crippen LogP contribution in [0.2, 0.25) is 0 Å². The molecule has 3 aromatic rings. The SMILES string of the molecule is N#CC1(NS(=O)(=O)c2cc(N3CCN(C(=O)NC4CC4)CC3)c3cnn(-c4nnc(C(F)F)s4)c3c2)CC1. The van der Waals surface area contributed by atoms with Crippen LogP contribution in [0.1, 0.15) is 37.1 Å². The van der Waals surface area contributed by atoms with Crippen LogP contribution in [0.3, 0.4) is 0 Å². The van der Waals surface area contributed by atoms with Crippen LogP contribution in [0, 0.1) is 11.3 Å². The number of nitrogens with zero attached hydrogens (tertiary/aromatic N) is 7. The van der Waals surface area contributed by atoms with Crippen molar-refractivity contribution in [2.24, 2.45) is 0 Å². The number of urea groups is 1. The van der Waals surface area contributed by atoms with E-state index < -0.39 is 27.0 Å². The van der Waals surface area contributed by atoms with E-state index in [0.717, 1.165) is 12.8 Å². The van der Waals surface area contributed by atoms with Crippen LogP contribution >= 0.6 is 11.3 Å². The topological polar surface area (TPSA) is 149 Å². The largest absolute Gasteiger partial charge is 0.367 e. The normalized spacial score (nSPS) is 19.1. The standard InChI is InChI=1S/C22H23F2N9O3S2/c23-18(24)19-28-29-21(37-19)33-17-10-14(38(35,36)30-22(12-25)3-4-22)9-16(15(17)11-26-33)31-5-7-32(8-6-31)20(34)27-13-1-2-13/h9-11,13,18,30H,1-8H2,(H,27,34). The van der Waals surface area contributed by atoms with Gasteiger partial charge < -0.3 is 15.1 Å². The van der Waals surface area contributed by atoms with Crippen LogP contribution in [0.4, 0.5) is 19.3 Å². The molecule has 2 saturated carbocycles. The van der Waals surface area contributed by atoms with E-state index in [1.165, 1.54) is 23.0 Å². The molecule has 3 heterocycles. The van der Waals surface area contributed by atoms with Crippen LogP contribution < -0.4 is 14.9 Å². The molecule has 6 rings (SSSR count). The Morgan fingerprint density at radius 3 is 2.53 bits per heavy atom. The van der Waals surface area contributed by atoms with Gasteiger partial charge in [-0.15, -0.1) is 10.2 Å². The number of carbonyl (C=O) groups is 1. The van der Waals surface area contributed by atoms with Gasteiger partial charge in [0, 0.05) is 43.3 Å². The molecule has 2 aromatic heterocycles. The molecule has 12 nitrogen and oxygen atoms in total. The number of nitriles is 1. The van der Waals surface area contributed by atoms with Crippen LogP contribution in [-0.2, 0) is 10.0 Å². The number of fused-ring (bicyclic) bond motifs is 1. The van der Waals surface area contributed by atoms with Crippen LogP contribution in [0.15, 0.2) is 23.2 Å². The van der Waals surface area contributed by atoms with E-state index in [1.807, 2.05) is 11.0 Å². The summed E-state index contributed by atoms with van der Waals surface area (Å²) in [5, 5.41) is 24.2. The summed E-state index contributed by atoms with van der Waals surface area (Å²) in [7, 11) is -4.10. The molecule has 2 amide bonds. The van der Waals surface area contributed by atoms with E-state index in [2.05, 4.69) is 25.3 Å². The second-order valence-electron chi connectivity index (χ2n) is 9.65. The molecule has 0 unspecified atom stereocenters. The Morgan fingerprint density at radius 2 is 1.92 bits per heavy atom. The van der Waals surface area contributed by atoms with Crippen LogP contribution in [0.5, 0.6) is 0 Å². The molecular weight excluding hydrogens is 540 g/mol. The maximum absolute atomic E-state index is 13.3. The van der Waals surface area contributed by atoms with Crippen molar-refractivity contribution in [1.29, 1.82) is 5.26 Å². The summed E-state index contributed by atoms with van der Waals surface area (Å²) in [6.45, 7) is 1.78. The minimum absolute atomic E-state index is 0.0704. The van der Waals surface area contributed by atoms with Gasteiger partial charge in [-0.2, -0.15) is 15.1 Å². The molecule has 16 heteroatoms. The van der Waals surface area contributed by atoms with Gasteiger partial charge in [0.2, 0.25) is 15.2 Å². The van der Waals surface area contributed by atoms with Crippen molar-refractivity contribution in [3.8, 4) is 11.2 Å². The first kappa shape index (κ1) is 24.9. The fourth-order valence-electron chi connectivity index (χ4n) is 4.37. The number of sulfonamides is 1. The minimum atomic E-state index is -4.10. The van der Waals surface area contributed by atoms with Gasteiger partial charge in [-0.05, 0) is 37.8 Å². The van der Waals surface area contributed by atoms with Crippen molar-refractivity contribution in [2.45, 2.75) is 48.6 Å². The summed E-state index contributed by atoms with van der Waals surface area (Å²) in [6, 6.07) is 5.08. The predicted molar refractivity (Wildman–Crippen MR) is 133 cm³/mol. The summed E-state index contributed by atoms with van der Waals surface area (Å²) in [5.41, 5.74) is -0.215. The maximum Gasteiger partial charge on any atom is 0.317 e. The molecular formula is C22H23F2N9O3S2. The Balaban J connectivity index is 1.37. The van der Waals surface area contributed by atoms with E-state index >= 15 is 0 Å². The van der Waals surface area contributed by atoms with Gasteiger partial charge in [-0.1, -0.05) is 11.3 Å². The Morgan fingerprint density at radius 1 is 1.18 bits per heavy atom. The second-order valence-corrected chi connectivity index (χ2v) is 12.3. The molecule has 1 aliphatic heterocycles.